The van der Waals surface area contributed by atoms with Crippen LogP contribution in [0.5, 0.6) is 11.5 Å². The molecule has 7 nitrogen and oxygen atoms in total. The first-order valence-electron chi connectivity index (χ1n) is 11.4. The molecular weight excluding hydrogens is 380 g/mol. The topological polar surface area (TPSA) is 78.4 Å². The van der Waals surface area contributed by atoms with Gasteiger partial charge in [-0.3, -0.25) is 0 Å². The molecule has 168 valence electrons. The highest BCUT2D eigenvalue weighted by Crippen LogP contribution is 2.28. The minimum Gasteiger partial charge on any atom is -0.493 e. The molecule has 1 aromatic carbocycles. The number of hydrogen-bond donors (Lipinski definition) is 3. The first-order chi connectivity index (χ1) is 14.7. The summed E-state index contributed by atoms with van der Waals surface area (Å²) in [5.74, 6) is 3.07. The number of nitrogens with zero attached hydrogens (tertiary/aromatic N) is 2. The molecule has 1 atom stereocenters. The SMILES string of the molecule is CCNC(=NCc1ccc(OCCO)c(OC)c1)NC1CCN(CC2CCCC2)C1. The number of aliphatic hydroxyl groups is 1. The number of guanidine groups is 1. The van der Waals surface area contributed by atoms with E-state index < -0.39 is 0 Å². The van der Waals surface area contributed by atoms with E-state index in [1.807, 2.05) is 18.2 Å². The molecule has 0 radical (unpaired) electrons. The van der Waals surface area contributed by atoms with Crippen molar-refractivity contribution in [2.24, 2.45) is 10.9 Å². The van der Waals surface area contributed by atoms with Gasteiger partial charge in [0.15, 0.2) is 17.5 Å². The van der Waals surface area contributed by atoms with E-state index in [4.69, 9.17) is 19.6 Å². The van der Waals surface area contributed by atoms with Gasteiger partial charge in [-0.25, -0.2) is 4.99 Å². The van der Waals surface area contributed by atoms with Crippen LogP contribution in [-0.4, -0.2) is 68.5 Å². The smallest absolute Gasteiger partial charge is 0.191 e. The molecule has 1 saturated heterocycles. The van der Waals surface area contributed by atoms with E-state index >= 15 is 0 Å². The van der Waals surface area contributed by atoms with E-state index in [2.05, 4.69) is 22.5 Å². The summed E-state index contributed by atoms with van der Waals surface area (Å²) in [7, 11) is 1.62. The maximum Gasteiger partial charge on any atom is 0.191 e. The molecule has 2 fully saturated rings. The zero-order chi connectivity index (χ0) is 21.2. The number of benzene rings is 1. The van der Waals surface area contributed by atoms with Gasteiger partial charge in [0, 0.05) is 32.2 Å². The highest BCUT2D eigenvalue weighted by atomic mass is 16.5. The number of rotatable bonds is 10. The molecule has 1 unspecified atom stereocenters. The van der Waals surface area contributed by atoms with Gasteiger partial charge in [-0.05, 0) is 49.8 Å². The normalized spacial score (nSPS) is 20.5. The van der Waals surface area contributed by atoms with Gasteiger partial charge in [0.05, 0.1) is 20.3 Å². The van der Waals surface area contributed by atoms with Crippen molar-refractivity contribution in [3.63, 3.8) is 0 Å². The maximum atomic E-state index is 8.95. The molecule has 0 aromatic heterocycles. The van der Waals surface area contributed by atoms with Crippen LogP contribution >= 0.6 is 0 Å². The summed E-state index contributed by atoms with van der Waals surface area (Å²) in [4.78, 5) is 7.40. The van der Waals surface area contributed by atoms with Gasteiger partial charge in [0.1, 0.15) is 6.61 Å². The van der Waals surface area contributed by atoms with Crippen molar-refractivity contribution in [1.29, 1.82) is 0 Å². The maximum absolute atomic E-state index is 8.95. The molecule has 30 heavy (non-hydrogen) atoms. The first kappa shape index (κ1) is 22.7. The lowest BCUT2D eigenvalue weighted by Crippen LogP contribution is -2.44. The summed E-state index contributed by atoms with van der Waals surface area (Å²) in [6, 6.07) is 6.25. The Balaban J connectivity index is 1.54. The monoisotopic (exact) mass is 418 g/mol. The van der Waals surface area contributed by atoms with Crippen molar-refractivity contribution < 1.29 is 14.6 Å². The first-order valence-corrected chi connectivity index (χ1v) is 11.4. The molecule has 1 heterocycles. The number of aliphatic imine (C=N–C) groups is 1. The molecule has 1 aliphatic heterocycles. The average Bonchev–Trinajstić information content (AvgIpc) is 3.43. The molecule has 1 aliphatic carbocycles. The fraction of sp³-hybridized carbons (Fsp3) is 0.696. The van der Waals surface area contributed by atoms with Gasteiger partial charge < -0.3 is 30.1 Å². The molecule has 0 spiro atoms. The highest BCUT2D eigenvalue weighted by molar-refractivity contribution is 5.80. The fourth-order valence-corrected chi connectivity index (χ4v) is 4.44. The van der Waals surface area contributed by atoms with Crippen molar-refractivity contribution in [3.05, 3.63) is 23.8 Å². The zero-order valence-corrected chi connectivity index (χ0v) is 18.5. The Kier molecular flexibility index (Phi) is 9.08. The molecule has 0 amide bonds. The Morgan fingerprint density at radius 3 is 2.80 bits per heavy atom. The standard InChI is InChI=1S/C23H38N4O3/c1-3-24-23(26-20-10-11-27(17-20)16-18-6-4-5-7-18)25-15-19-8-9-21(30-13-12-28)22(14-19)29-2/h8-9,14,18,20,28H,3-7,10-13,15-17H2,1-2H3,(H2,24,25,26). The Morgan fingerprint density at radius 2 is 2.07 bits per heavy atom. The second kappa shape index (κ2) is 12.0. The molecule has 3 N–H and O–H groups in total. The third kappa shape index (κ3) is 6.77. The fourth-order valence-electron chi connectivity index (χ4n) is 4.44. The average molecular weight is 419 g/mol. The lowest BCUT2D eigenvalue weighted by molar-refractivity contribution is 0.196. The van der Waals surface area contributed by atoms with Crippen LogP contribution < -0.4 is 20.1 Å². The van der Waals surface area contributed by atoms with Crippen LogP contribution in [0.25, 0.3) is 0 Å². The van der Waals surface area contributed by atoms with Gasteiger partial charge in [-0.15, -0.1) is 0 Å². The molecule has 0 bridgehead atoms. The van der Waals surface area contributed by atoms with Crippen LogP contribution in [0.1, 0.15) is 44.6 Å². The summed E-state index contributed by atoms with van der Waals surface area (Å²) in [6.07, 6.45) is 6.81. The van der Waals surface area contributed by atoms with E-state index in [1.165, 1.54) is 45.2 Å². The Morgan fingerprint density at radius 1 is 1.23 bits per heavy atom. The predicted octanol–water partition coefficient (Wildman–Crippen LogP) is 2.39. The van der Waals surface area contributed by atoms with Crippen LogP contribution in [0, 0.1) is 5.92 Å². The minimum atomic E-state index is -0.0217. The molecule has 2 aliphatic rings. The second-order valence-electron chi connectivity index (χ2n) is 8.29. The Labute approximate surface area is 180 Å². The molecule has 3 rings (SSSR count). The van der Waals surface area contributed by atoms with Gasteiger partial charge in [0.25, 0.3) is 0 Å². The van der Waals surface area contributed by atoms with Crippen LogP contribution in [0.3, 0.4) is 0 Å². The third-order valence-electron chi connectivity index (χ3n) is 5.95. The third-order valence-corrected chi connectivity index (χ3v) is 5.95. The summed E-state index contributed by atoms with van der Waals surface area (Å²) in [6.45, 7) is 7.26. The number of ether oxygens (including phenoxy) is 2. The lowest BCUT2D eigenvalue weighted by Gasteiger charge is -2.21. The van der Waals surface area contributed by atoms with Crippen molar-refractivity contribution in [2.75, 3.05) is 46.5 Å². The van der Waals surface area contributed by atoms with E-state index in [0.717, 1.165) is 30.5 Å². The van der Waals surface area contributed by atoms with Crippen molar-refractivity contribution >= 4 is 5.96 Å². The van der Waals surface area contributed by atoms with Crippen LogP contribution in [0.2, 0.25) is 0 Å². The van der Waals surface area contributed by atoms with Gasteiger partial charge in [0.2, 0.25) is 0 Å². The number of aliphatic hydroxyl groups excluding tert-OH is 1. The minimum absolute atomic E-state index is 0.0217. The summed E-state index contributed by atoms with van der Waals surface area (Å²) in [5, 5.41) is 15.9. The number of nitrogens with one attached hydrogen (secondary N) is 2. The molecular formula is C23H38N4O3. The van der Waals surface area contributed by atoms with Crippen molar-refractivity contribution in [1.82, 2.24) is 15.5 Å². The van der Waals surface area contributed by atoms with E-state index in [-0.39, 0.29) is 13.2 Å². The van der Waals surface area contributed by atoms with Crippen LogP contribution in [0.4, 0.5) is 0 Å². The molecule has 1 aromatic rings. The quantitative estimate of drug-likeness (QED) is 0.400. The van der Waals surface area contributed by atoms with Crippen molar-refractivity contribution in [3.8, 4) is 11.5 Å². The van der Waals surface area contributed by atoms with E-state index in [0.29, 0.717) is 24.1 Å². The molecule has 1 saturated carbocycles. The summed E-state index contributed by atoms with van der Waals surface area (Å²) < 4.78 is 10.9. The zero-order valence-electron chi connectivity index (χ0n) is 18.5. The van der Waals surface area contributed by atoms with Gasteiger partial charge >= 0.3 is 0 Å². The van der Waals surface area contributed by atoms with Crippen LogP contribution in [-0.2, 0) is 6.54 Å². The van der Waals surface area contributed by atoms with E-state index in [1.54, 1.807) is 7.11 Å². The number of likely N-dealkylation sites (tertiary alicyclic amines) is 1. The Bertz CT molecular complexity index is 676. The second-order valence-corrected chi connectivity index (χ2v) is 8.29. The highest BCUT2D eigenvalue weighted by Gasteiger charge is 2.26. The van der Waals surface area contributed by atoms with Gasteiger partial charge in [-0.2, -0.15) is 0 Å². The summed E-state index contributed by atoms with van der Waals surface area (Å²) >= 11 is 0. The lowest BCUT2D eigenvalue weighted by atomic mass is 10.1. The Hall–Kier alpha value is -1.99. The number of hydrogen-bond acceptors (Lipinski definition) is 5. The predicted molar refractivity (Wildman–Crippen MR) is 120 cm³/mol. The van der Waals surface area contributed by atoms with E-state index in [9.17, 15) is 0 Å². The number of methoxy groups -OCH3 is 1. The van der Waals surface area contributed by atoms with Gasteiger partial charge in [-0.1, -0.05) is 18.9 Å². The van der Waals surface area contributed by atoms with Crippen LogP contribution in [0.15, 0.2) is 23.2 Å². The molecule has 7 heteroatoms. The largest absolute Gasteiger partial charge is 0.493 e. The van der Waals surface area contributed by atoms with Crippen molar-refractivity contribution in [2.45, 2.75) is 51.6 Å². The summed E-state index contributed by atoms with van der Waals surface area (Å²) in [5.41, 5.74) is 1.05.